The summed E-state index contributed by atoms with van der Waals surface area (Å²) in [4.78, 5) is 10.9. The topological polar surface area (TPSA) is 50.4 Å². The lowest BCUT2D eigenvalue weighted by atomic mass is 10.0. The second kappa shape index (κ2) is 3.57. The number of carboxylic acids is 1. The molecule has 0 aliphatic heterocycles. The molecule has 0 spiro atoms. The molecule has 1 aromatic heterocycles. The van der Waals surface area contributed by atoms with Crippen molar-refractivity contribution in [2.75, 3.05) is 0 Å². The van der Waals surface area contributed by atoms with Gasteiger partial charge in [0, 0.05) is 5.56 Å². The first kappa shape index (κ1) is 9.45. The van der Waals surface area contributed by atoms with E-state index in [2.05, 4.69) is 0 Å². The predicted molar refractivity (Wildman–Crippen MR) is 51.1 cm³/mol. The van der Waals surface area contributed by atoms with Crippen LogP contribution in [0.4, 0.5) is 4.39 Å². The number of carbonyl (C=O) groups is 1. The van der Waals surface area contributed by atoms with Gasteiger partial charge < -0.3 is 9.52 Å². The first-order valence-corrected chi connectivity index (χ1v) is 4.24. The Balaban J connectivity index is 2.61. The molecule has 4 heteroatoms. The molecule has 1 N–H and O–H groups in total. The minimum Gasteiger partial charge on any atom is -0.478 e. The Labute approximate surface area is 84.8 Å². The number of aromatic carboxylic acids is 1. The molecule has 2 rings (SSSR count). The van der Waals surface area contributed by atoms with E-state index in [1.807, 2.05) is 0 Å². The summed E-state index contributed by atoms with van der Waals surface area (Å²) in [6.45, 7) is 0. The van der Waals surface area contributed by atoms with Crippen molar-refractivity contribution in [3.63, 3.8) is 0 Å². The molecule has 0 saturated carbocycles. The summed E-state index contributed by atoms with van der Waals surface area (Å²) in [5, 5.41) is 8.89. The van der Waals surface area contributed by atoms with Crippen molar-refractivity contribution in [3.05, 3.63) is 48.2 Å². The second-order valence-corrected chi connectivity index (χ2v) is 3.01. The molecule has 0 amide bonds. The summed E-state index contributed by atoms with van der Waals surface area (Å²) in [5.41, 5.74) is 0.987. The molecule has 76 valence electrons. The maximum Gasteiger partial charge on any atom is 0.336 e. The van der Waals surface area contributed by atoms with Crippen molar-refractivity contribution in [1.29, 1.82) is 0 Å². The summed E-state index contributed by atoms with van der Waals surface area (Å²) >= 11 is 0. The molecular formula is C11H7FO3. The van der Waals surface area contributed by atoms with Gasteiger partial charge in [0.1, 0.15) is 5.82 Å². The van der Waals surface area contributed by atoms with Gasteiger partial charge in [-0.25, -0.2) is 9.18 Å². The van der Waals surface area contributed by atoms with Crippen molar-refractivity contribution in [3.8, 4) is 11.1 Å². The van der Waals surface area contributed by atoms with Crippen LogP contribution >= 0.6 is 0 Å². The van der Waals surface area contributed by atoms with E-state index in [0.29, 0.717) is 11.1 Å². The van der Waals surface area contributed by atoms with E-state index in [-0.39, 0.29) is 5.56 Å². The first-order chi connectivity index (χ1) is 7.18. The Morgan fingerprint density at radius 1 is 1.33 bits per heavy atom. The number of hydrogen-bond donors (Lipinski definition) is 1. The zero-order chi connectivity index (χ0) is 10.8. The Morgan fingerprint density at radius 2 is 2.13 bits per heavy atom. The SMILES string of the molecule is O=C(O)c1cc(F)ccc1-c1ccoc1. The highest BCUT2D eigenvalue weighted by Crippen LogP contribution is 2.24. The maximum absolute atomic E-state index is 12.9. The molecule has 0 radical (unpaired) electrons. The minimum atomic E-state index is -1.16. The molecule has 0 aliphatic rings. The van der Waals surface area contributed by atoms with Crippen molar-refractivity contribution < 1.29 is 18.7 Å². The van der Waals surface area contributed by atoms with Gasteiger partial charge in [0.15, 0.2) is 0 Å². The minimum absolute atomic E-state index is 0.0728. The van der Waals surface area contributed by atoms with Gasteiger partial charge >= 0.3 is 5.97 Å². The van der Waals surface area contributed by atoms with Crippen LogP contribution in [-0.4, -0.2) is 11.1 Å². The molecule has 3 nitrogen and oxygen atoms in total. The Morgan fingerprint density at radius 3 is 2.73 bits per heavy atom. The highest BCUT2D eigenvalue weighted by Gasteiger charge is 2.13. The van der Waals surface area contributed by atoms with Gasteiger partial charge in [-0.15, -0.1) is 0 Å². The van der Waals surface area contributed by atoms with E-state index in [4.69, 9.17) is 9.52 Å². The van der Waals surface area contributed by atoms with E-state index in [9.17, 15) is 9.18 Å². The fourth-order valence-electron chi connectivity index (χ4n) is 1.36. The maximum atomic E-state index is 12.9. The van der Waals surface area contributed by atoms with Crippen LogP contribution in [0, 0.1) is 5.82 Å². The number of furan rings is 1. The number of rotatable bonds is 2. The fraction of sp³-hybridized carbons (Fsp3) is 0. The zero-order valence-electron chi connectivity index (χ0n) is 7.61. The quantitative estimate of drug-likeness (QED) is 0.821. The normalized spacial score (nSPS) is 10.2. The lowest BCUT2D eigenvalue weighted by Crippen LogP contribution is -1.99. The van der Waals surface area contributed by atoms with Crippen LogP contribution in [0.5, 0.6) is 0 Å². The zero-order valence-corrected chi connectivity index (χ0v) is 7.61. The van der Waals surface area contributed by atoms with E-state index >= 15 is 0 Å². The number of halogens is 1. The molecule has 0 atom stereocenters. The molecule has 0 saturated heterocycles. The van der Waals surface area contributed by atoms with Crippen molar-refractivity contribution in [2.24, 2.45) is 0 Å². The van der Waals surface area contributed by atoms with Gasteiger partial charge in [-0.3, -0.25) is 0 Å². The van der Waals surface area contributed by atoms with Crippen LogP contribution in [0.15, 0.2) is 41.2 Å². The van der Waals surface area contributed by atoms with Gasteiger partial charge in [0.05, 0.1) is 18.1 Å². The van der Waals surface area contributed by atoms with Crippen LogP contribution in [0.25, 0.3) is 11.1 Å². The second-order valence-electron chi connectivity index (χ2n) is 3.01. The molecule has 0 unspecified atom stereocenters. The monoisotopic (exact) mass is 206 g/mol. The van der Waals surface area contributed by atoms with E-state index in [1.165, 1.54) is 24.7 Å². The van der Waals surface area contributed by atoms with Gasteiger partial charge in [-0.1, -0.05) is 6.07 Å². The van der Waals surface area contributed by atoms with Crippen LogP contribution in [-0.2, 0) is 0 Å². The number of carboxylic acid groups (broad SMARTS) is 1. The lowest BCUT2D eigenvalue weighted by molar-refractivity contribution is 0.0697. The van der Waals surface area contributed by atoms with Crippen LogP contribution in [0.1, 0.15) is 10.4 Å². The standard InChI is InChI=1S/C11H7FO3/c12-8-1-2-9(7-3-4-15-6-7)10(5-8)11(13)14/h1-6H,(H,13,14). The lowest BCUT2D eigenvalue weighted by Gasteiger charge is -2.02. The molecule has 1 aromatic carbocycles. The molecule has 0 aliphatic carbocycles. The third kappa shape index (κ3) is 1.74. The molecular weight excluding hydrogens is 199 g/mol. The Bertz CT molecular complexity index is 489. The molecule has 0 fully saturated rings. The summed E-state index contributed by atoms with van der Waals surface area (Å²) in [6.07, 6.45) is 2.85. The third-order valence-corrected chi connectivity index (χ3v) is 2.04. The van der Waals surface area contributed by atoms with Crippen LogP contribution in [0.2, 0.25) is 0 Å². The van der Waals surface area contributed by atoms with Gasteiger partial charge in [-0.2, -0.15) is 0 Å². The van der Waals surface area contributed by atoms with Crippen molar-refractivity contribution in [1.82, 2.24) is 0 Å². The average Bonchev–Trinajstić information content (AvgIpc) is 2.70. The summed E-state index contributed by atoms with van der Waals surface area (Å²) in [6, 6.07) is 5.25. The highest BCUT2D eigenvalue weighted by molar-refractivity contribution is 5.95. The molecule has 0 bridgehead atoms. The largest absolute Gasteiger partial charge is 0.478 e. The smallest absolute Gasteiger partial charge is 0.336 e. The summed E-state index contributed by atoms with van der Waals surface area (Å²) in [5.74, 6) is -1.73. The van der Waals surface area contributed by atoms with Gasteiger partial charge in [-0.05, 0) is 23.8 Å². The molecule has 2 aromatic rings. The van der Waals surface area contributed by atoms with Crippen molar-refractivity contribution in [2.45, 2.75) is 0 Å². The van der Waals surface area contributed by atoms with E-state index in [0.717, 1.165) is 6.07 Å². The molecule has 1 heterocycles. The summed E-state index contributed by atoms with van der Waals surface area (Å²) < 4.78 is 17.7. The molecule has 15 heavy (non-hydrogen) atoms. The van der Waals surface area contributed by atoms with Crippen LogP contribution in [0.3, 0.4) is 0 Å². The van der Waals surface area contributed by atoms with Gasteiger partial charge in [0.2, 0.25) is 0 Å². The van der Waals surface area contributed by atoms with Crippen molar-refractivity contribution >= 4 is 5.97 Å². The first-order valence-electron chi connectivity index (χ1n) is 4.24. The highest BCUT2D eigenvalue weighted by atomic mass is 19.1. The fourth-order valence-corrected chi connectivity index (χ4v) is 1.36. The average molecular weight is 206 g/mol. The predicted octanol–water partition coefficient (Wildman–Crippen LogP) is 2.78. The van der Waals surface area contributed by atoms with Crippen LogP contribution < -0.4 is 0 Å². The number of benzene rings is 1. The van der Waals surface area contributed by atoms with Gasteiger partial charge in [0.25, 0.3) is 0 Å². The third-order valence-electron chi connectivity index (χ3n) is 2.04. The number of hydrogen-bond acceptors (Lipinski definition) is 2. The Kier molecular flexibility index (Phi) is 2.25. The Hall–Kier alpha value is -2.10. The van der Waals surface area contributed by atoms with E-state index in [1.54, 1.807) is 6.07 Å². The van der Waals surface area contributed by atoms with E-state index < -0.39 is 11.8 Å². The summed E-state index contributed by atoms with van der Waals surface area (Å²) in [7, 11) is 0.